The van der Waals surface area contributed by atoms with Gasteiger partial charge < -0.3 is 35.3 Å². The third-order valence-corrected chi connectivity index (χ3v) is 9.27. The number of benzene rings is 3. The van der Waals surface area contributed by atoms with Crippen molar-refractivity contribution in [1.82, 2.24) is 10.6 Å². The number of amides is 2. The second-order valence-electron chi connectivity index (χ2n) is 13.6. The first kappa shape index (κ1) is 41.0. The molecule has 284 valence electrons. The minimum Gasteiger partial charge on any atom is -0.495 e. The van der Waals surface area contributed by atoms with Crippen molar-refractivity contribution >= 4 is 59.0 Å². The van der Waals surface area contributed by atoms with Crippen molar-refractivity contribution in [2.45, 2.75) is 63.6 Å². The lowest BCUT2D eigenvalue weighted by Crippen LogP contribution is -2.47. The molecule has 1 aliphatic rings. The molecule has 1 aliphatic heterocycles. The Kier molecular flexibility index (Phi) is 13.1. The largest absolute Gasteiger partial charge is 0.495 e. The molecule has 1 heterocycles. The van der Waals surface area contributed by atoms with Gasteiger partial charge in [0.25, 0.3) is 0 Å². The number of nitrogens with one attached hydrogen (secondary N) is 3. The fraction of sp³-hybridized carbons (Fsp3) is 0.378. The van der Waals surface area contributed by atoms with Crippen molar-refractivity contribution in [3.63, 3.8) is 0 Å². The smallest absolute Gasteiger partial charge is 0.410 e. The van der Waals surface area contributed by atoms with Gasteiger partial charge in [-0.1, -0.05) is 62.2 Å². The number of ether oxygens (including phenoxy) is 3. The Morgan fingerprint density at radius 3 is 2.42 bits per heavy atom. The van der Waals surface area contributed by atoms with E-state index in [1.165, 1.54) is 63.5 Å². The van der Waals surface area contributed by atoms with Crippen LogP contribution in [0.3, 0.4) is 0 Å². The first-order chi connectivity index (χ1) is 24.9. The summed E-state index contributed by atoms with van der Waals surface area (Å²) in [6.07, 6.45) is 0.827. The highest BCUT2D eigenvalue weighted by molar-refractivity contribution is 6.31. The normalized spacial score (nSPS) is 20.5. The number of hydrogen-bond donors (Lipinski definition) is 4. The summed E-state index contributed by atoms with van der Waals surface area (Å²) in [4.78, 5) is 54.2. The molecule has 1 fully saturated rings. The molecule has 1 saturated heterocycles. The molecule has 0 bridgehead atoms. The first-order valence-corrected chi connectivity index (χ1v) is 17.1. The molecule has 53 heavy (non-hydrogen) atoms. The Balaban J connectivity index is 1.73. The first-order valence-electron chi connectivity index (χ1n) is 16.3. The van der Waals surface area contributed by atoms with Gasteiger partial charge in [-0.05, 0) is 60.7 Å². The average Bonchev–Trinajstić information content (AvgIpc) is 3.38. The maximum absolute atomic E-state index is 16.1. The van der Waals surface area contributed by atoms with Gasteiger partial charge in [0.15, 0.2) is 0 Å². The Labute approximate surface area is 315 Å². The number of carbonyl (C=O) groups excluding carboxylic acids is 3. The number of carboxylic acids is 1. The molecular weight excluding hydrogens is 737 g/mol. The topological polar surface area (TPSA) is 165 Å². The zero-order valence-electron chi connectivity index (χ0n) is 29.8. The van der Waals surface area contributed by atoms with Gasteiger partial charge in [-0.25, -0.2) is 18.4 Å². The summed E-state index contributed by atoms with van der Waals surface area (Å²) in [5, 5.41) is 17.1. The van der Waals surface area contributed by atoms with E-state index < -0.39 is 71.8 Å². The SMILES string of the molecule is CN=C[C@]1(c2ccc(Cl)cc2F)[C@H](CC(C)(C)C)N[C@@H](C(=O)Nc2ccc(C(=O)OCOC(=O)N[C@@H](C)C(=O)O)cc2OC)[C@@H]1c1cccc(Cl)c1F. The monoisotopic (exact) mass is 776 g/mol. The molecule has 0 saturated carbocycles. The van der Waals surface area contributed by atoms with Crippen LogP contribution in [0.2, 0.25) is 10.0 Å². The van der Waals surface area contributed by atoms with Gasteiger partial charge in [0, 0.05) is 35.8 Å². The molecule has 0 aromatic heterocycles. The lowest BCUT2D eigenvalue weighted by Gasteiger charge is -2.40. The lowest BCUT2D eigenvalue weighted by molar-refractivity contribution is -0.139. The van der Waals surface area contributed by atoms with Crippen LogP contribution in [-0.4, -0.2) is 74.3 Å². The number of aliphatic carboxylic acids is 1. The summed E-state index contributed by atoms with van der Waals surface area (Å²) >= 11 is 12.5. The second kappa shape index (κ2) is 16.9. The van der Waals surface area contributed by atoms with Crippen LogP contribution in [0, 0.1) is 17.0 Å². The number of esters is 1. The van der Waals surface area contributed by atoms with Crippen LogP contribution in [0.25, 0.3) is 0 Å². The second-order valence-corrected chi connectivity index (χ2v) is 14.5. The van der Waals surface area contributed by atoms with Crippen molar-refractivity contribution < 1.29 is 47.3 Å². The molecule has 0 aliphatic carbocycles. The van der Waals surface area contributed by atoms with E-state index in [0.29, 0.717) is 6.42 Å². The molecule has 0 radical (unpaired) electrons. The van der Waals surface area contributed by atoms with E-state index in [1.807, 2.05) is 26.1 Å². The highest BCUT2D eigenvalue weighted by Crippen LogP contribution is 2.52. The summed E-state index contributed by atoms with van der Waals surface area (Å²) < 4.78 is 47.4. The predicted molar refractivity (Wildman–Crippen MR) is 195 cm³/mol. The number of carbonyl (C=O) groups is 4. The van der Waals surface area contributed by atoms with E-state index in [4.69, 9.17) is 42.5 Å². The van der Waals surface area contributed by atoms with E-state index in [2.05, 4.69) is 15.6 Å². The number of aliphatic imine (C=N–C) groups is 1. The van der Waals surface area contributed by atoms with E-state index in [9.17, 15) is 19.2 Å². The lowest BCUT2D eigenvalue weighted by atomic mass is 9.62. The van der Waals surface area contributed by atoms with Crippen molar-refractivity contribution in [2.24, 2.45) is 10.4 Å². The quantitative estimate of drug-likeness (QED) is 0.0887. The summed E-state index contributed by atoms with van der Waals surface area (Å²) in [5.74, 6) is -5.37. The van der Waals surface area contributed by atoms with Crippen molar-refractivity contribution in [3.8, 4) is 5.75 Å². The standard InChI is InChI=1S/C37H40Cl2F2N4O8/c1-19(33(47)48)43-35(50)53-18-52-34(49)20-10-13-26(27(14-20)51-6)44-32(46)31-29(22-8-7-9-24(39)30(22)41)37(17-42-5,28(45-31)16-36(2,3)4)23-12-11-21(38)15-25(23)40/h7-15,17,19,28-29,31,45H,16,18H2,1-6H3,(H,43,50)(H,44,46)(H,47,48)/t19-,28-,29-,31+,37-/m0/s1. The van der Waals surface area contributed by atoms with Crippen molar-refractivity contribution in [1.29, 1.82) is 0 Å². The van der Waals surface area contributed by atoms with Crippen LogP contribution in [0.1, 0.15) is 61.5 Å². The van der Waals surface area contributed by atoms with Gasteiger partial charge in [0.2, 0.25) is 12.7 Å². The Bertz CT molecular complexity index is 1910. The van der Waals surface area contributed by atoms with Gasteiger partial charge in [-0.15, -0.1) is 0 Å². The number of carboxylic acid groups (broad SMARTS) is 1. The van der Waals surface area contributed by atoms with E-state index in [-0.39, 0.29) is 43.6 Å². The van der Waals surface area contributed by atoms with Crippen LogP contribution >= 0.6 is 23.2 Å². The number of methoxy groups -OCH3 is 1. The van der Waals surface area contributed by atoms with Crippen molar-refractivity contribution in [2.75, 3.05) is 26.3 Å². The van der Waals surface area contributed by atoms with Crippen LogP contribution in [0.4, 0.5) is 19.3 Å². The minimum absolute atomic E-state index is 0.0396. The van der Waals surface area contributed by atoms with Crippen LogP contribution in [0.15, 0.2) is 59.6 Å². The number of rotatable bonds is 12. The number of nitrogens with zero attached hydrogens (tertiary/aromatic N) is 1. The molecule has 5 atom stereocenters. The van der Waals surface area contributed by atoms with Gasteiger partial charge in [0.05, 0.1) is 34.8 Å². The molecule has 0 unspecified atom stereocenters. The molecular formula is C37H40Cl2F2N4O8. The number of hydrogen-bond acceptors (Lipinski definition) is 9. The maximum Gasteiger partial charge on any atom is 0.410 e. The number of alkyl carbamates (subject to hydrolysis) is 1. The summed E-state index contributed by atoms with van der Waals surface area (Å²) in [6.45, 7) is 6.36. The third kappa shape index (κ3) is 9.24. The third-order valence-electron chi connectivity index (χ3n) is 8.74. The molecule has 4 rings (SSSR count). The van der Waals surface area contributed by atoms with Gasteiger partial charge >= 0.3 is 18.0 Å². The van der Waals surface area contributed by atoms with E-state index in [0.717, 1.165) is 6.07 Å². The number of anilines is 1. The van der Waals surface area contributed by atoms with Gasteiger partial charge in [-0.2, -0.15) is 0 Å². The Hall–Kier alpha value is -4.79. The molecule has 3 aromatic rings. The fourth-order valence-electron chi connectivity index (χ4n) is 6.49. The molecule has 4 N–H and O–H groups in total. The van der Waals surface area contributed by atoms with E-state index in [1.54, 1.807) is 12.3 Å². The molecule has 2 amide bonds. The average molecular weight is 778 g/mol. The zero-order chi connectivity index (χ0) is 39.2. The summed E-state index contributed by atoms with van der Waals surface area (Å²) in [6, 6.07) is 9.50. The molecule has 12 nitrogen and oxygen atoms in total. The molecule has 0 spiro atoms. The van der Waals surface area contributed by atoms with E-state index >= 15 is 8.78 Å². The highest BCUT2D eigenvalue weighted by atomic mass is 35.5. The van der Waals surface area contributed by atoms with Crippen LogP contribution in [0.5, 0.6) is 5.75 Å². The Morgan fingerprint density at radius 2 is 1.79 bits per heavy atom. The van der Waals surface area contributed by atoms with Gasteiger partial charge in [0.1, 0.15) is 23.4 Å². The summed E-state index contributed by atoms with van der Waals surface area (Å²) in [7, 11) is 2.82. The minimum atomic E-state index is -1.44. The molecule has 16 heteroatoms. The highest BCUT2D eigenvalue weighted by Gasteiger charge is 2.59. The summed E-state index contributed by atoms with van der Waals surface area (Å²) in [5.41, 5.74) is -1.52. The van der Waals surface area contributed by atoms with Crippen molar-refractivity contribution in [3.05, 3.63) is 93.0 Å². The molecule has 3 aromatic carbocycles. The maximum atomic E-state index is 16.1. The van der Waals surface area contributed by atoms with Crippen LogP contribution in [-0.2, 0) is 24.5 Å². The van der Waals surface area contributed by atoms with Crippen LogP contribution < -0.4 is 20.7 Å². The predicted octanol–water partition coefficient (Wildman–Crippen LogP) is 6.73. The Morgan fingerprint density at radius 1 is 1.08 bits per heavy atom. The zero-order valence-corrected chi connectivity index (χ0v) is 31.3. The fourth-order valence-corrected chi connectivity index (χ4v) is 6.83. The number of halogens is 4. The van der Waals surface area contributed by atoms with Gasteiger partial charge in [-0.3, -0.25) is 14.6 Å².